The number of carbonyl (C=O) groups is 1. The molecule has 2 N–H and O–H groups in total. The lowest BCUT2D eigenvalue weighted by Crippen LogP contribution is -2.41. The second kappa shape index (κ2) is 9.72. The number of carbonyl (C=O) groups excluding carboxylic acids is 1. The van der Waals surface area contributed by atoms with Crippen LogP contribution in [0.1, 0.15) is 44.4 Å². The highest BCUT2D eigenvalue weighted by Gasteiger charge is 2.52. The first-order valence-electron chi connectivity index (χ1n) is 10.7. The van der Waals surface area contributed by atoms with E-state index in [1.54, 1.807) is 12.1 Å². The summed E-state index contributed by atoms with van der Waals surface area (Å²) in [6, 6.07) is 11.7. The summed E-state index contributed by atoms with van der Waals surface area (Å²) < 4.78 is 56.8. The normalized spacial score (nSPS) is 17.5. The molecule has 182 valence electrons. The zero-order valence-electron chi connectivity index (χ0n) is 19.4. The van der Waals surface area contributed by atoms with E-state index in [2.05, 4.69) is 5.32 Å². The molecule has 1 aliphatic heterocycles. The summed E-state index contributed by atoms with van der Waals surface area (Å²) in [5.74, 6) is -0.353. The van der Waals surface area contributed by atoms with Gasteiger partial charge in [0.05, 0.1) is 16.8 Å². The second-order valence-electron chi connectivity index (χ2n) is 8.99. The van der Waals surface area contributed by atoms with Gasteiger partial charge < -0.3 is 24.5 Å². The minimum atomic E-state index is -4.58. The third-order valence-electron chi connectivity index (χ3n) is 5.90. The zero-order chi connectivity index (χ0) is 25.1. The van der Waals surface area contributed by atoms with E-state index in [0.29, 0.717) is 5.47 Å². The molecule has 34 heavy (non-hydrogen) atoms. The van der Waals surface area contributed by atoms with Crippen LogP contribution >= 0.6 is 0 Å². The van der Waals surface area contributed by atoms with Gasteiger partial charge in [-0.1, -0.05) is 36.4 Å². The second-order valence-corrected chi connectivity index (χ2v) is 8.99. The fraction of sp³-hybridized carbons (Fsp3) is 0.375. The van der Waals surface area contributed by atoms with E-state index in [-0.39, 0.29) is 24.5 Å². The number of halogens is 3. The van der Waals surface area contributed by atoms with Gasteiger partial charge in [-0.3, -0.25) is 0 Å². The zero-order valence-corrected chi connectivity index (χ0v) is 19.4. The van der Waals surface area contributed by atoms with Gasteiger partial charge in [-0.15, -0.1) is 0 Å². The molecule has 1 heterocycles. The largest absolute Gasteiger partial charge is 0.507 e. The van der Waals surface area contributed by atoms with Gasteiger partial charge in [-0.05, 0) is 56.9 Å². The summed E-state index contributed by atoms with van der Waals surface area (Å²) in [6.45, 7) is 7.22. The first-order valence-corrected chi connectivity index (χ1v) is 10.7. The Kier molecular flexibility index (Phi) is 7.33. The predicted octanol–water partition coefficient (Wildman–Crippen LogP) is 5.35. The first kappa shape index (κ1) is 25.6. The van der Waals surface area contributed by atoms with Crippen LogP contribution in [-0.4, -0.2) is 36.1 Å². The van der Waals surface area contributed by atoms with Crippen LogP contribution in [-0.2, 0) is 26.8 Å². The third kappa shape index (κ3) is 6.12. The molecule has 0 radical (unpaired) electrons. The molecule has 3 rings (SSSR count). The Morgan fingerprint density at radius 2 is 1.71 bits per heavy atom. The van der Waals surface area contributed by atoms with Crippen molar-refractivity contribution in [1.29, 1.82) is 0 Å². The Balaban J connectivity index is 1.83. The number of amides is 1. The van der Waals surface area contributed by atoms with Gasteiger partial charge in [0.2, 0.25) is 0 Å². The molecule has 0 spiro atoms. The average molecular weight is 477 g/mol. The van der Waals surface area contributed by atoms with Crippen molar-refractivity contribution in [2.75, 3.05) is 6.54 Å². The fourth-order valence-corrected chi connectivity index (χ4v) is 3.19. The topological polar surface area (TPSA) is 77.0 Å². The summed E-state index contributed by atoms with van der Waals surface area (Å²) in [5, 5.41) is 12.8. The van der Waals surface area contributed by atoms with Crippen LogP contribution in [0.2, 0.25) is 0 Å². The SMILES string of the molecule is CC1(C)OB(C(=Cc2cc(C(F)(F)F)ccc2O)CNC(=O)OCc2ccccc2)OC1(C)C. The maximum absolute atomic E-state index is 13.2. The number of alkyl carbamates (subject to hydrolysis) is 1. The molecule has 0 unspecified atom stereocenters. The van der Waals surface area contributed by atoms with Gasteiger partial charge in [0.15, 0.2) is 0 Å². The molecule has 1 amide bonds. The van der Waals surface area contributed by atoms with Crippen molar-refractivity contribution in [3.05, 3.63) is 70.7 Å². The highest BCUT2D eigenvalue weighted by molar-refractivity contribution is 6.56. The van der Waals surface area contributed by atoms with Gasteiger partial charge in [0.25, 0.3) is 0 Å². The fourth-order valence-electron chi connectivity index (χ4n) is 3.19. The molecule has 2 aromatic carbocycles. The summed E-state index contributed by atoms with van der Waals surface area (Å²) in [6.07, 6.45) is -3.98. The molecule has 1 fully saturated rings. The van der Waals surface area contributed by atoms with Crippen molar-refractivity contribution < 1.29 is 37.1 Å². The van der Waals surface area contributed by atoms with Gasteiger partial charge in [-0.25, -0.2) is 4.79 Å². The summed E-state index contributed by atoms with van der Waals surface area (Å²) in [5.41, 5.74) is -1.34. The van der Waals surface area contributed by atoms with Gasteiger partial charge in [0, 0.05) is 12.1 Å². The molecule has 10 heteroatoms. The van der Waals surface area contributed by atoms with Crippen LogP contribution < -0.4 is 5.32 Å². The Morgan fingerprint density at radius 3 is 2.29 bits per heavy atom. The van der Waals surface area contributed by atoms with Gasteiger partial charge in [0.1, 0.15) is 12.4 Å². The van der Waals surface area contributed by atoms with Crippen LogP contribution in [0.15, 0.2) is 54.0 Å². The van der Waals surface area contributed by atoms with Crippen molar-refractivity contribution in [2.45, 2.75) is 51.7 Å². The minimum absolute atomic E-state index is 0.0522. The van der Waals surface area contributed by atoms with Gasteiger partial charge >= 0.3 is 19.4 Å². The number of hydrogen-bond donors (Lipinski definition) is 2. The van der Waals surface area contributed by atoms with E-state index < -0.39 is 36.2 Å². The lowest BCUT2D eigenvalue weighted by molar-refractivity contribution is -0.137. The number of phenols is 1. The first-order chi connectivity index (χ1) is 15.8. The number of nitrogens with one attached hydrogen (secondary N) is 1. The summed E-state index contributed by atoms with van der Waals surface area (Å²) in [4.78, 5) is 12.3. The highest BCUT2D eigenvalue weighted by atomic mass is 19.4. The van der Waals surface area contributed by atoms with E-state index in [9.17, 15) is 23.1 Å². The standard InChI is InChI=1S/C24H27BF3NO5/c1-22(2)23(3,4)34-25(33-22)19(13-17-12-18(24(26,27)28)10-11-20(17)30)14-29-21(31)32-15-16-8-6-5-7-9-16/h5-13,30H,14-15H2,1-4H3,(H,29,31). The predicted molar refractivity (Wildman–Crippen MR) is 122 cm³/mol. The lowest BCUT2D eigenvalue weighted by atomic mass is 9.76. The van der Waals surface area contributed by atoms with Crippen LogP contribution in [0.5, 0.6) is 5.75 Å². The molecule has 0 aromatic heterocycles. The summed E-state index contributed by atoms with van der Waals surface area (Å²) >= 11 is 0. The van der Waals surface area contributed by atoms with Crippen LogP contribution in [0.3, 0.4) is 0 Å². The van der Waals surface area contributed by atoms with Crippen molar-refractivity contribution in [3.8, 4) is 5.75 Å². The van der Waals surface area contributed by atoms with Crippen LogP contribution in [0.25, 0.3) is 6.08 Å². The van der Waals surface area contributed by atoms with Crippen molar-refractivity contribution in [2.24, 2.45) is 0 Å². The molecular formula is C24H27BF3NO5. The maximum atomic E-state index is 13.2. The molecule has 1 aliphatic rings. The number of rotatable bonds is 6. The molecule has 6 nitrogen and oxygen atoms in total. The molecule has 0 aliphatic carbocycles. The molecule has 0 atom stereocenters. The smallest absolute Gasteiger partial charge is 0.492 e. The van der Waals surface area contributed by atoms with Gasteiger partial charge in [-0.2, -0.15) is 13.2 Å². The van der Waals surface area contributed by atoms with E-state index in [4.69, 9.17) is 14.0 Å². The van der Waals surface area contributed by atoms with E-state index >= 15 is 0 Å². The Hall–Kier alpha value is -2.98. The molecule has 1 saturated heterocycles. The van der Waals surface area contributed by atoms with Crippen molar-refractivity contribution >= 4 is 19.3 Å². The van der Waals surface area contributed by atoms with E-state index in [1.807, 2.05) is 45.9 Å². The maximum Gasteiger partial charge on any atom is 0.492 e. The van der Waals surface area contributed by atoms with Crippen molar-refractivity contribution in [1.82, 2.24) is 5.32 Å². The third-order valence-corrected chi connectivity index (χ3v) is 5.90. The van der Waals surface area contributed by atoms with Crippen molar-refractivity contribution in [3.63, 3.8) is 0 Å². The van der Waals surface area contributed by atoms with E-state index in [0.717, 1.165) is 23.8 Å². The van der Waals surface area contributed by atoms with Crippen LogP contribution in [0, 0.1) is 0 Å². The highest BCUT2D eigenvalue weighted by Crippen LogP contribution is 2.39. The lowest BCUT2D eigenvalue weighted by Gasteiger charge is -2.32. The number of ether oxygens (including phenoxy) is 1. The Morgan fingerprint density at radius 1 is 1.09 bits per heavy atom. The molecule has 0 bridgehead atoms. The average Bonchev–Trinajstić information content (AvgIpc) is 2.97. The minimum Gasteiger partial charge on any atom is -0.507 e. The number of hydrogen-bond acceptors (Lipinski definition) is 5. The van der Waals surface area contributed by atoms with E-state index in [1.165, 1.54) is 6.08 Å². The molecule has 2 aromatic rings. The summed E-state index contributed by atoms with van der Waals surface area (Å²) in [7, 11) is -0.964. The van der Waals surface area contributed by atoms with Crippen LogP contribution in [0.4, 0.5) is 18.0 Å². The molecule has 0 saturated carbocycles. The Labute approximate surface area is 196 Å². The monoisotopic (exact) mass is 477 g/mol. The Bertz CT molecular complexity index is 1040. The number of benzene rings is 2. The quantitative estimate of drug-likeness (QED) is 0.549. The molecular weight excluding hydrogens is 450 g/mol. The number of phenolic OH excluding ortho intramolecular Hbond substituents is 1. The number of alkyl halides is 3. The number of aromatic hydroxyl groups is 1.